The van der Waals surface area contributed by atoms with Crippen LogP contribution < -0.4 is 10.5 Å². The molecule has 0 aromatic heterocycles. The van der Waals surface area contributed by atoms with Gasteiger partial charge in [0.05, 0.1) is 16.4 Å². The van der Waals surface area contributed by atoms with E-state index >= 15 is 0 Å². The van der Waals surface area contributed by atoms with Crippen LogP contribution >= 0.6 is 11.6 Å². The van der Waals surface area contributed by atoms with Crippen molar-refractivity contribution in [3.63, 3.8) is 0 Å². The molecule has 112 valence electrons. The summed E-state index contributed by atoms with van der Waals surface area (Å²) < 4.78 is 27.8. The highest BCUT2D eigenvalue weighted by molar-refractivity contribution is 7.93. The summed E-state index contributed by atoms with van der Waals surface area (Å²) in [5.74, 6) is 0. The summed E-state index contributed by atoms with van der Waals surface area (Å²) >= 11 is 5.99. The zero-order valence-electron chi connectivity index (χ0n) is 11.9. The molecule has 0 unspecified atom stereocenters. The van der Waals surface area contributed by atoms with Gasteiger partial charge in [-0.2, -0.15) is 0 Å². The standard InChI is InChI=1S/C15H17ClN2O2S/c1-3-11-7-4-6-10(2)14(11)18-21(19,20)15-12(16)8-5-9-13(15)17/h4-9,18H,3,17H2,1-2H3. The third kappa shape index (κ3) is 3.14. The van der Waals surface area contributed by atoms with E-state index in [-0.39, 0.29) is 15.6 Å². The smallest absolute Gasteiger partial charge is 0.265 e. The van der Waals surface area contributed by atoms with Gasteiger partial charge in [0.2, 0.25) is 0 Å². The average Bonchev–Trinajstić information content (AvgIpc) is 2.40. The van der Waals surface area contributed by atoms with Gasteiger partial charge in [-0.1, -0.05) is 42.8 Å². The molecule has 0 aliphatic rings. The Bertz CT molecular complexity index is 753. The topological polar surface area (TPSA) is 72.2 Å². The summed E-state index contributed by atoms with van der Waals surface area (Å²) in [6, 6.07) is 10.3. The number of rotatable bonds is 4. The van der Waals surface area contributed by atoms with Crippen molar-refractivity contribution >= 4 is 33.0 Å². The van der Waals surface area contributed by atoms with Gasteiger partial charge in [0.25, 0.3) is 10.0 Å². The lowest BCUT2D eigenvalue weighted by Gasteiger charge is -2.16. The first kappa shape index (κ1) is 15.7. The van der Waals surface area contributed by atoms with Crippen LogP contribution in [0.4, 0.5) is 11.4 Å². The van der Waals surface area contributed by atoms with E-state index in [2.05, 4.69) is 4.72 Å². The second-order valence-electron chi connectivity index (χ2n) is 4.73. The highest BCUT2D eigenvalue weighted by Crippen LogP contribution is 2.31. The quantitative estimate of drug-likeness (QED) is 0.844. The summed E-state index contributed by atoms with van der Waals surface area (Å²) in [4.78, 5) is -0.0861. The second-order valence-corrected chi connectivity index (χ2v) is 6.75. The molecule has 21 heavy (non-hydrogen) atoms. The summed E-state index contributed by atoms with van der Waals surface area (Å²) in [7, 11) is -3.84. The molecular weight excluding hydrogens is 308 g/mol. The minimum Gasteiger partial charge on any atom is -0.398 e. The van der Waals surface area contributed by atoms with Crippen LogP contribution in [0.5, 0.6) is 0 Å². The van der Waals surface area contributed by atoms with Crippen LogP contribution in [0.1, 0.15) is 18.1 Å². The normalized spacial score (nSPS) is 11.4. The summed E-state index contributed by atoms with van der Waals surface area (Å²) in [5.41, 5.74) is 8.25. The molecule has 0 fully saturated rings. The average molecular weight is 325 g/mol. The van der Waals surface area contributed by atoms with Crippen LogP contribution in [-0.2, 0) is 16.4 Å². The maximum absolute atomic E-state index is 12.6. The summed E-state index contributed by atoms with van der Waals surface area (Å²) in [5, 5.41) is 0.106. The van der Waals surface area contributed by atoms with E-state index in [1.165, 1.54) is 12.1 Å². The molecule has 2 rings (SSSR count). The van der Waals surface area contributed by atoms with E-state index in [1.807, 2.05) is 32.0 Å². The lowest BCUT2D eigenvalue weighted by Crippen LogP contribution is -2.17. The predicted octanol–water partition coefficient (Wildman–Crippen LogP) is 3.59. The monoisotopic (exact) mass is 324 g/mol. The van der Waals surface area contributed by atoms with Gasteiger partial charge >= 0.3 is 0 Å². The van der Waals surface area contributed by atoms with Crippen LogP contribution in [0.25, 0.3) is 0 Å². The van der Waals surface area contributed by atoms with Crippen LogP contribution in [0.15, 0.2) is 41.3 Å². The van der Waals surface area contributed by atoms with Crippen LogP contribution in [0, 0.1) is 6.92 Å². The number of nitrogens with one attached hydrogen (secondary N) is 1. The fraction of sp³-hybridized carbons (Fsp3) is 0.200. The molecule has 3 N–H and O–H groups in total. The Kier molecular flexibility index (Phi) is 4.44. The zero-order chi connectivity index (χ0) is 15.6. The fourth-order valence-corrected chi connectivity index (χ4v) is 4.02. The number of aryl methyl sites for hydroxylation is 2. The summed E-state index contributed by atoms with van der Waals surface area (Å²) in [6.07, 6.45) is 0.720. The van der Waals surface area contributed by atoms with Gasteiger partial charge in [0.1, 0.15) is 4.90 Å². The molecule has 0 heterocycles. The second kappa shape index (κ2) is 5.95. The van der Waals surface area contributed by atoms with Crippen LogP contribution in [0.3, 0.4) is 0 Å². The molecule has 6 heteroatoms. The maximum atomic E-state index is 12.6. The number of para-hydroxylation sites is 1. The molecule has 0 aliphatic heterocycles. The molecule has 4 nitrogen and oxygen atoms in total. The Labute approximate surface area is 130 Å². The lowest BCUT2D eigenvalue weighted by atomic mass is 10.1. The largest absolute Gasteiger partial charge is 0.398 e. The van der Waals surface area contributed by atoms with Gasteiger partial charge in [-0.3, -0.25) is 4.72 Å². The van der Waals surface area contributed by atoms with Gasteiger partial charge in [-0.05, 0) is 36.6 Å². The maximum Gasteiger partial charge on any atom is 0.265 e. The number of sulfonamides is 1. The molecule has 2 aromatic rings. The number of hydrogen-bond acceptors (Lipinski definition) is 3. The van der Waals surface area contributed by atoms with Gasteiger partial charge in [-0.15, -0.1) is 0 Å². The highest BCUT2D eigenvalue weighted by Gasteiger charge is 2.22. The number of halogens is 1. The minimum absolute atomic E-state index is 0.0861. The van der Waals surface area contributed by atoms with Crippen LogP contribution in [-0.4, -0.2) is 8.42 Å². The van der Waals surface area contributed by atoms with E-state index in [0.29, 0.717) is 5.69 Å². The van der Waals surface area contributed by atoms with Gasteiger partial charge < -0.3 is 5.73 Å². The Morgan fingerprint density at radius 2 is 1.86 bits per heavy atom. The molecule has 0 aliphatic carbocycles. The number of benzene rings is 2. The molecular formula is C15H17ClN2O2S. The molecule has 2 aromatic carbocycles. The highest BCUT2D eigenvalue weighted by atomic mass is 35.5. The molecule has 0 saturated carbocycles. The van der Waals surface area contributed by atoms with Crippen molar-refractivity contribution in [3.05, 3.63) is 52.5 Å². The minimum atomic E-state index is -3.84. The molecule has 0 bridgehead atoms. The van der Waals surface area contributed by atoms with E-state index in [0.717, 1.165) is 17.5 Å². The number of hydrogen-bond donors (Lipinski definition) is 2. The molecule has 0 saturated heterocycles. The first-order valence-electron chi connectivity index (χ1n) is 6.52. The van der Waals surface area contributed by atoms with Gasteiger partial charge in [-0.25, -0.2) is 8.42 Å². The van der Waals surface area contributed by atoms with Crippen molar-refractivity contribution in [1.29, 1.82) is 0 Å². The summed E-state index contributed by atoms with van der Waals surface area (Å²) in [6.45, 7) is 3.82. The third-order valence-electron chi connectivity index (χ3n) is 3.24. The zero-order valence-corrected chi connectivity index (χ0v) is 13.4. The molecule has 0 amide bonds. The SMILES string of the molecule is CCc1cccc(C)c1NS(=O)(=O)c1c(N)cccc1Cl. The Balaban J connectivity index is 2.53. The number of nitrogens with two attached hydrogens (primary N) is 1. The van der Waals surface area contributed by atoms with Crippen molar-refractivity contribution < 1.29 is 8.42 Å². The van der Waals surface area contributed by atoms with Crippen molar-refractivity contribution in [3.8, 4) is 0 Å². The van der Waals surface area contributed by atoms with Crippen molar-refractivity contribution in [1.82, 2.24) is 0 Å². The Hall–Kier alpha value is -1.72. The molecule has 0 atom stereocenters. The van der Waals surface area contributed by atoms with Crippen LogP contribution in [0.2, 0.25) is 5.02 Å². The van der Waals surface area contributed by atoms with Crippen molar-refractivity contribution in [2.75, 3.05) is 10.5 Å². The number of anilines is 2. The molecule has 0 radical (unpaired) electrons. The fourth-order valence-electron chi connectivity index (χ4n) is 2.16. The lowest BCUT2D eigenvalue weighted by molar-refractivity contribution is 0.601. The van der Waals surface area contributed by atoms with Gasteiger partial charge in [0, 0.05) is 0 Å². The van der Waals surface area contributed by atoms with E-state index in [9.17, 15) is 8.42 Å². The van der Waals surface area contributed by atoms with E-state index in [4.69, 9.17) is 17.3 Å². The predicted molar refractivity (Wildman–Crippen MR) is 87.2 cm³/mol. The Morgan fingerprint density at radius 3 is 2.48 bits per heavy atom. The van der Waals surface area contributed by atoms with E-state index < -0.39 is 10.0 Å². The van der Waals surface area contributed by atoms with E-state index in [1.54, 1.807) is 6.07 Å². The van der Waals surface area contributed by atoms with Crippen molar-refractivity contribution in [2.45, 2.75) is 25.2 Å². The van der Waals surface area contributed by atoms with Gasteiger partial charge in [0.15, 0.2) is 0 Å². The third-order valence-corrected chi connectivity index (χ3v) is 5.14. The first-order chi connectivity index (χ1) is 9.86. The Morgan fingerprint density at radius 1 is 1.19 bits per heavy atom. The van der Waals surface area contributed by atoms with Crippen molar-refractivity contribution in [2.24, 2.45) is 0 Å². The molecule has 0 spiro atoms. The first-order valence-corrected chi connectivity index (χ1v) is 8.38. The number of nitrogen functional groups attached to an aromatic ring is 1.